The Morgan fingerprint density at radius 3 is 2.92 bits per heavy atom. The quantitative estimate of drug-likeness (QED) is 0.693. The van der Waals surface area contributed by atoms with E-state index >= 15 is 0 Å². The van der Waals surface area contributed by atoms with Crippen molar-refractivity contribution in [2.24, 2.45) is 0 Å². The van der Waals surface area contributed by atoms with Crippen LogP contribution < -0.4 is 4.74 Å². The van der Waals surface area contributed by atoms with Gasteiger partial charge in [0.25, 0.3) is 0 Å². The monoisotopic (exact) mass is 169 g/mol. The summed E-state index contributed by atoms with van der Waals surface area (Å²) in [6.45, 7) is 3.19. The van der Waals surface area contributed by atoms with Crippen molar-refractivity contribution in [2.45, 2.75) is 19.8 Å². The van der Waals surface area contributed by atoms with Crippen molar-refractivity contribution < 1.29 is 9.13 Å². The minimum Gasteiger partial charge on any atom is -0.461 e. The lowest BCUT2D eigenvalue weighted by atomic mass is 10.1. The van der Waals surface area contributed by atoms with Crippen LogP contribution in [0, 0.1) is 0 Å². The summed E-state index contributed by atoms with van der Waals surface area (Å²) >= 11 is 0. The van der Waals surface area contributed by atoms with E-state index in [-0.39, 0.29) is 5.92 Å². The molecule has 3 heteroatoms. The Morgan fingerprint density at radius 1 is 1.58 bits per heavy atom. The van der Waals surface area contributed by atoms with E-state index in [9.17, 15) is 4.39 Å². The lowest BCUT2D eigenvalue weighted by Gasteiger charge is -2.09. The molecule has 0 amide bonds. The Bertz CT molecular complexity index is 250. The number of pyridine rings is 1. The fourth-order valence-electron chi connectivity index (χ4n) is 1.02. The minimum absolute atomic E-state index is 0.257. The SMILES string of the molecule is CC(C)c1ncccc1OCF. The highest BCUT2D eigenvalue weighted by atomic mass is 19.1. The summed E-state index contributed by atoms with van der Waals surface area (Å²) in [5, 5.41) is 0. The Labute approximate surface area is 71.4 Å². The summed E-state index contributed by atoms with van der Waals surface area (Å²) in [5.41, 5.74) is 0.801. The van der Waals surface area contributed by atoms with E-state index in [1.54, 1.807) is 18.3 Å². The van der Waals surface area contributed by atoms with E-state index in [1.807, 2.05) is 13.8 Å². The van der Waals surface area contributed by atoms with E-state index in [4.69, 9.17) is 4.74 Å². The second-order valence-electron chi connectivity index (χ2n) is 2.79. The lowest BCUT2D eigenvalue weighted by Crippen LogP contribution is -1.99. The highest BCUT2D eigenvalue weighted by molar-refractivity contribution is 5.28. The highest BCUT2D eigenvalue weighted by Gasteiger charge is 2.07. The number of alkyl halides is 1. The third-order valence-electron chi connectivity index (χ3n) is 1.56. The van der Waals surface area contributed by atoms with Crippen LogP contribution in [0.15, 0.2) is 18.3 Å². The van der Waals surface area contributed by atoms with Gasteiger partial charge in [-0.25, -0.2) is 4.39 Å². The molecule has 0 radical (unpaired) electrons. The summed E-state index contributed by atoms with van der Waals surface area (Å²) in [6.07, 6.45) is 1.68. The van der Waals surface area contributed by atoms with Gasteiger partial charge in [-0.3, -0.25) is 4.98 Å². The van der Waals surface area contributed by atoms with Crippen molar-refractivity contribution in [2.75, 3.05) is 6.86 Å². The molecular formula is C9H12FNO. The van der Waals surface area contributed by atoms with Crippen molar-refractivity contribution >= 4 is 0 Å². The molecule has 0 spiro atoms. The predicted molar refractivity (Wildman–Crippen MR) is 44.9 cm³/mol. The summed E-state index contributed by atoms with van der Waals surface area (Å²) in [5.74, 6) is 0.794. The third kappa shape index (κ3) is 1.94. The zero-order valence-electron chi connectivity index (χ0n) is 7.25. The zero-order valence-corrected chi connectivity index (χ0v) is 7.25. The molecule has 12 heavy (non-hydrogen) atoms. The lowest BCUT2D eigenvalue weighted by molar-refractivity contribution is 0.188. The van der Waals surface area contributed by atoms with Crippen LogP contribution in [-0.4, -0.2) is 11.8 Å². The molecule has 0 fully saturated rings. The Morgan fingerprint density at radius 2 is 2.33 bits per heavy atom. The summed E-state index contributed by atoms with van der Waals surface area (Å²) in [7, 11) is 0. The third-order valence-corrected chi connectivity index (χ3v) is 1.56. The fourth-order valence-corrected chi connectivity index (χ4v) is 1.02. The van der Waals surface area contributed by atoms with Crippen LogP contribution in [0.3, 0.4) is 0 Å². The van der Waals surface area contributed by atoms with Gasteiger partial charge in [0.15, 0.2) is 0 Å². The molecule has 0 N–H and O–H groups in total. The molecule has 0 saturated heterocycles. The second-order valence-corrected chi connectivity index (χ2v) is 2.79. The minimum atomic E-state index is -0.800. The van der Waals surface area contributed by atoms with Gasteiger partial charge in [-0.05, 0) is 18.1 Å². The van der Waals surface area contributed by atoms with E-state index in [0.29, 0.717) is 5.75 Å². The summed E-state index contributed by atoms with van der Waals surface area (Å²) in [6, 6.07) is 3.46. The molecule has 0 aromatic carbocycles. The molecule has 0 saturated carbocycles. The number of ether oxygens (including phenoxy) is 1. The molecule has 66 valence electrons. The number of aromatic nitrogens is 1. The molecule has 1 aromatic rings. The van der Waals surface area contributed by atoms with E-state index < -0.39 is 6.86 Å². The van der Waals surface area contributed by atoms with Gasteiger partial charge in [0.05, 0.1) is 5.69 Å². The van der Waals surface area contributed by atoms with Crippen molar-refractivity contribution in [3.05, 3.63) is 24.0 Å². The fraction of sp³-hybridized carbons (Fsp3) is 0.444. The first-order valence-corrected chi connectivity index (χ1v) is 3.89. The van der Waals surface area contributed by atoms with Crippen LogP contribution in [0.4, 0.5) is 4.39 Å². The van der Waals surface area contributed by atoms with Gasteiger partial charge in [-0.1, -0.05) is 13.8 Å². The smallest absolute Gasteiger partial charge is 0.228 e. The van der Waals surface area contributed by atoms with Crippen LogP contribution in [0.1, 0.15) is 25.5 Å². The standard InChI is InChI=1S/C9H12FNO/c1-7(2)9-8(12-6-10)4-3-5-11-9/h3-5,7H,6H2,1-2H3. The molecule has 0 bridgehead atoms. The number of hydrogen-bond donors (Lipinski definition) is 0. The van der Waals surface area contributed by atoms with E-state index in [0.717, 1.165) is 5.69 Å². The predicted octanol–water partition coefficient (Wildman–Crippen LogP) is 2.51. The number of halogens is 1. The topological polar surface area (TPSA) is 22.1 Å². The van der Waals surface area contributed by atoms with Crippen LogP contribution in [0.2, 0.25) is 0 Å². The first-order chi connectivity index (χ1) is 5.75. The van der Waals surface area contributed by atoms with Gasteiger partial charge in [0, 0.05) is 6.20 Å². The summed E-state index contributed by atoms with van der Waals surface area (Å²) in [4.78, 5) is 4.11. The Kier molecular flexibility index (Phi) is 3.02. The van der Waals surface area contributed by atoms with Crippen LogP contribution in [0.25, 0.3) is 0 Å². The molecule has 0 atom stereocenters. The van der Waals surface area contributed by atoms with Crippen molar-refractivity contribution in [3.63, 3.8) is 0 Å². The number of hydrogen-bond acceptors (Lipinski definition) is 2. The highest BCUT2D eigenvalue weighted by Crippen LogP contribution is 2.23. The van der Waals surface area contributed by atoms with Crippen molar-refractivity contribution in [1.29, 1.82) is 0 Å². The number of nitrogens with zero attached hydrogens (tertiary/aromatic N) is 1. The van der Waals surface area contributed by atoms with Gasteiger partial charge < -0.3 is 4.74 Å². The molecule has 1 heterocycles. The zero-order chi connectivity index (χ0) is 8.97. The molecular weight excluding hydrogens is 157 g/mol. The van der Waals surface area contributed by atoms with Crippen LogP contribution in [0.5, 0.6) is 5.75 Å². The van der Waals surface area contributed by atoms with Gasteiger partial charge in [-0.15, -0.1) is 0 Å². The van der Waals surface area contributed by atoms with Crippen molar-refractivity contribution in [1.82, 2.24) is 4.98 Å². The van der Waals surface area contributed by atoms with Gasteiger partial charge in [0.1, 0.15) is 5.75 Å². The van der Waals surface area contributed by atoms with Gasteiger partial charge in [-0.2, -0.15) is 0 Å². The number of rotatable bonds is 3. The maximum atomic E-state index is 11.9. The maximum absolute atomic E-state index is 11.9. The molecule has 0 aliphatic heterocycles. The van der Waals surface area contributed by atoms with Crippen LogP contribution in [-0.2, 0) is 0 Å². The molecule has 0 aliphatic carbocycles. The van der Waals surface area contributed by atoms with Crippen molar-refractivity contribution in [3.8, 4) is 5.75 Å². The Hall–Kier alpha value is -1.12. The molecule has 0 aliphatic rings. The van der Waals surface area contributed by atoms with E-state index in [2.05, 4.69) is 4.98 Å². The molecule has 1 rings (SSSR count). The average molecular weight is 169 g/mol. The second kappa shape index (κ2) is 4.04. The first-order valence-electron chi connectivity index (χ1n) is 3.89. The maximum Gasteiger partial charge on any atom is 0.228 e. The average Bonchev–Trinajstić information content (AvgIpc) is 2.05. The molecule has 2 nitrogen and oxygen atoms in total. The summed E-state index contributed by atoms with van der Waals surface area (Å²) < 4.78 is 16.6. The Balaban J connectivity index is 2.92. The first kappa shape index (κ1) is 8.97. The van der Waals surface area contributed by atoms with Crippen LogP contribution >= 0.6 is 0 Å². The molecule has 0 unspecified atom stereocenters. The van der Waals surface area contributed by atoms with E-state index in [1.165, 1.54) is 0 Å². The molecule has 1 aromatic heterocycles. The normalized spacial score (nSPS) is 10.3. The van der Waals surface area contributed by atoms with Gasteiger partial charge in [0.2, 0.25) is 6.86 Å². The van der Waals surface area contributed by atoms with Gasteiger partial charge >= 0.3 is 0 Å². The largest absolute Gasteiger partial charge is 0.461 e.